The maximum absolute atomic E-state index is 6.12. The second-order valence-electron chi connectivity index (χ2n) is 5.46. The van der Waals surface area contributed by atoms with Crippen molar-refractivity contribution < 1.29 is 4.74 Å². The highest BCUT2D eigenvalue weighted by Gasteiger charge is 2.52. The highest BCUT2D eigenvalue weighted by Crippen LogP contribution is 2.52. The Kier molecular flexibility index (Phi) is 3.88. The van der Waals surface area contributed by atoms with Gasteiger partial charge in [-0.25, -0.2) is 0 Å². The highest BCUT2D eigenvalue weighted by molar-refractivity contribution is 5.08. The van der Waals surface area contributed by atoms with Crippen LogP contribution in [0.2, 0.25) is 0 Å². The first-order chi connectivity index (χ1) is 7.76. The molecule has 2 saturated carbocycles. The summed E-state index contributed by atoms with van der Waals surface area (Å²) in [6, 6.07) is 0. The number of hydrogen-bond donors (Lipinski definition) is 1. The molecular formula is C13H26N2O. The van der Waals surface area contributed by atoms with Crippen LogP contribution in [0.3, 0.4) is 0 Å². The summed E-state index contributed by atoms with van der Waals surface area (Å²) >= 11 is 0. The van der Waals surface area contributed by atoms with Crippen LogP contribution in [0.25, 0.3) is 0 Å². The van der Waals surface area contributed by atoms with Crippen LogP contribution < -0.4 is 5.73 Å². The van der Waals surface area contributed by atoms with Crippen molar-refractivity contribution >= 4 is 0 Å². The van der Waals surface area contributed by atoms with Gasteiger partial charge in [0.2, 0.25) is 0 Å². The molecule has 0 aromatic rings. The molecule has 0 amide bonds. The van der Waals surface area contributed by atoms with E-state index in [1.54, 1.807) is 7.11 Å². The molecule has 0 saturated heterocycles. The largest absolute Gasteiger partial charge is 0.383 e. The second kappa shape index (κ2) is 5.03. The minimum absolute atomic E-state index is 0.302. The lowest BCUT2D eigenvalue weighted by atomic mass is 9.79. The first kappa shape index (κ1) is 12.3. The molecule has 0 radical (unpaired) electrons. The second-order valence-corrected chi connectivity index (χ2v) is 5.46. The molecule has 2 bridgehead atoms. The topological polar surface area (TPSA) is 38.5 Å². The van der Waals surface area contributed by atoms with Gasteiger partial charge in [0.1, 0.15) is 0 Å². The van der Waals surface area contributed by atoms with Crippen LogP contribution >= 0.6 is 0 Å². The minimum atomic E-state index is 0.302. The summed E-state index contributed by atoms with van der Waals surface area (Å²) in [6.07, 6.45) is 5.58. The lowest BCUT2D eigenvalue weighted by Gasteiger charge is -2.46. The Bertz CT molecular complexity index is 234. The first-order valence-corrected chi connectivity index (χ1v) is 6.71. The maximum Gasteiger partial charge on any atom is 0.0589 e. The van der Waals surface area contributed by atoms with E-state index in [0.29, 0.717) is 5.54 Å². The summed E-state index contributed by atoms with van der Waals surface area (Å²) < 4.78 is 5.22. The maximum atomic E-state index is 6.12. The van der Waals surface area contributed by atoms with Crippen LogP contribution in [0.4, 0.5) is 0 Å². The molecule has 0 aliphatic heterocycles. The summed E-state index contributed by atoms with van der Waals surface area (Å²) in [5.74, 6) is 1.80. The molecule has 0 heterocycles. The van der Waals surface area contributed by atoms with Crippen molar-refractivity contribution in [2.24, 2.45) is 17.6 Å². The van der Waals surface area contributed by atoms with E-state index >= 15 is 0 Å². The van der Waals surface area contributed by atoms with E-state index in [9.17, 15) is 0 Å². The predicted octanol–water partition coefficient (Wildman–Crippen LogP) is 1.47. The van der Waals surface area contributed by atoms with Crippen molar-refractivity contribution in [2.75, 3.05) is 33.4 Å². The molecule has 3 heteroatoms. The first-order valence-electron chi connectivity index (χ1n) is 6.71. The number of ether oxygens (including phenoxy) is 1. The zero-order chi connectivity index (χ0) is 11.6. The van der Waals surface area contributed by atoms with Crippen LogP contribution in [0, 0.1) is 11.8 Å². The van der Waals surface area contributed by atoms with E-state index < -0.39 is 0 Å². The molecule has 2 aliphatic carbocycles. The van der Waals surface area contributed by atoms with Crippen molar-refractivity contribution in [3.8, 4) is 0 Å². The van der Waals surface area contributed by atoms with Crippen LogP contribution in [0.1, 0.15) is 32.6 Å². The third-order valence-corrected chi connectivity index (χ3v) is 4.87. The van der Waals surface area contributed by atoms with Gasteiger partial charge < -0.3 is 10.5 Å². The fourth-order valence-electron chi connectivity index (χ4n) is 4.08. The van der Waals surface area contributed by atoms with E-state index in [1.165, 1.54) is 25.7 Å². The van der Waals surface area contributed by atoms with Gasteiger partial charge in [-0.1, -0.05) is 13.3 Å². The fraction of sp³-hybridized carbons (Fsp3) is 1.00. The van der Waals surface area contributed by atoms with Gasteiger partial charge in [-0.3, -0.25) is 4.90 Å². The Morgan fingerprint density at radius 2 is 2.25 bits per heavy atom. The Labute approximate surface area is 99.3 Å². The molecule has 16 heavy (non-hydrogen) atoms. The Balaban J connectivity index is 2.07. The number of hydrogen-bond acceptors (Lipinski definition) is 3. The molecule has 2 rings (SSSR count). The van der Waals surface area contributed by atoms with Gasteiger partial charge in [-0.05, 0) is 37.6 Å². The summed E-state index contributed by atoms with van der Waals surface area (Å²) in [5, 5.41) is 0. The van der Waals surface area contributed by atoms with Gasteiger partial charge in [-0.15, -0.1) is 0 Å². The van der Waals surface area contributed by atoms with E-state index in [4.69, 9.17) is 10.5 Å². The highest BCUT2D eigenvalue weighted by atomic mass is 16.5. The summed E-state index contributed by atoms with van der Waals surface area (Å²) in [4.78, 5) is 2.58. The zero-order valence-electron chi connectivity index (χ0n) is 10.7. The van der Waals surface area contributed by atoms with Gasteiger partial charge in [0, 0.05) is 25.7 Å². The van der Waals surface area contributed by atoms with Crippen molar-refractivity contribution in [3.63, 3.8) is 0 Å². The zero-order valence-corrected chi connectivity index (χ0v) is 10.7. The van der Waals surface area contributed by atoms with Crippen LogP contribution in [-0.2, 0) is 4.74 Å². The monoisotopic (exact) mass is 226 g/mol. The lowest BCUT2D eigenvalue weighted by Crippen LogP contribution is -2.58. The van der Waals surface area contributed by atoms with Gasteiger partial charge in [0.05, 0.1) is 6.61 Å². The fourth-order valence-corrected chi connectivity index (χ4v) is 4.08. The normalized spacial score (nSPS) is 37.5. The molecule has 94 valence electrons. The minimum Gasteiger partial charge on any atom is -0.383 e. The number of rotatable bonds is 6. The van der Waals surface area contributed by atoms with Crippen LogP contribution in [0.15, 0.2) is 0 Å². The molecule has 2 N–H and O–H groups in total. The van der Waals surface area contributed by atoms with Gasteiger partial charge in [0.15, 0.2) is 0 Å². The van der Waals surface area contributed by atoms with E-state index in [-0.39, 0.29) is 0 Å². The Morgan fingerprint density at radius 1 is 1.44 bits per heavy atom. The van der Waals surface area contributed by atoms with Gasteiger partial charge in [-0.2, -0.15) is 0 Å². The summed E-state index contributed by atoms with van der Waals surface area (Å²) in [7, 11) is 1.78. The number of likely N-dealkylation sites (N-methyl/N-ethyl adjacent to an activating group) is 1. The summed E-state index contributed by atoms with van der Waals surface area (Å²) in [6.45, 7) is 6.04. The third-order valence-electron chi connectivity index (χ3n) is 4.87. The van der Waals surface area contributed by atoms with Crippen molar-refractivity contribution in [1.82, 2.24) is 4.90 Å². The number of fused-ring (bicyclic) bond motifs is 2. The SMILES string of the molecule is CCN(CCOC)C1(CN)CC2CCC1C2. The quantitative estimate of drug-likeness (QED) is 0.745. The Hall–Kier alpha value is -0.120. The van der Waals surface area contributed by atoms with Crippen LogP contribution in [-0.4, -0.2) is 43.8 Å². The van der Waals surface area contributed by atoms with E-state index in [0.717, 1.165) is 38.1 Å². The average Bonchev–Trinajstić information content (AvgIpc) is 2.90. The lowest BCUT2D eigenvalue weighted by molar-refractivity contribution is 0.0250. The molecule has 2 fully saturated rings. The summed E-state index contributed by atoms with van der Waals surface area (Å²) in [5.41, 5.74) is 6.42. The standard InChI is InChI=1S/C13H26N2O/c1-3-15(6-7-16-2)13(10-14)9-11-4-5-12(13)8-11/h11-12H,3-10,14H2,1-2H3. The molecule has 0 spiro atoms. The van der Waals surface area contributed by atoms with E-state index in [2.05, 4.69) is 11.8 Å². The molecule has 0 aromatic heterocycles. The van der Waals surface area contributed by atoms with Crippen molar-refractivity contribution in [1.29, 1.82) is 0 Å². The van der Waals surface area contributed by atoms with Crippen molar-refractivity contribution in [2.45, 2.75) is 38.1 Å². The van der Waals surface area contributed by atoms with Crippen LogP contribution in [0.5, 0.6) is 0 Å². The van der Waals surface area contributed by atoms with Gasteiger partial charge >= 0.3 is 0 Å². The smallest absolute Gasteiger partial charge is 0.0589 e. The molecule has 2 aliphatic rings. The predicted molar refractivity (Wildman–Crippen MR) is 66.4 cm³/mol. The molecule has 3 nitrogen and oxygen atoms in total. The Morgan fingerprint density at radius 3 is 2.69 bits per heavy atom. The number of methoxy groups -OCH3 is 1. The average molecular weight is 226 g/mol. The van der Waals surface area contributed by atoms with Gasteiger partial charge in [0.25, 0.3) is 0 Å². The molecular weight excluding hydrogens is 200 g/mol. The van der Waals surface area contributed by atoms with E-state index in [1.807, 2.05) is 0 Å². The molecule has 3 atom stereocenters. The molecule has 3 unspecified atom stereocenters. The number of nitrogens with two attached hydrogens (primary N) is 1. The molecule has 0 aromatic carbocycles. The number of nitrogens with zero attached hydrogens (tertiary/aromatic N) is 1. The third kappa shape index (κ3) is 1.89. The van der Waals surface area contributed by atoms with Crippen molar-refractivity contribution in [3.05, 3.63) is 0 Å².